The van der Waals surface area contributed by atoms with Gasteiger partial charge in [0, 0.05) is 6.42 Å². The predicted molar refractivity (Wildman–Crippen MR) is 234 cm³/mol. The normalized spacial score (nSPS) is 20.4. The Bertz CT molecular complexity index is 829. The quantitative estimate of drug-likeness (QED) is 0.0389. The number of carbonyl (C=O) groups excluding carboxylic acids is 1. The number of nitrogens with one attached hydrogen (secondary N) is 1. The number of rotatable bonds is 42. The smallest absolute Gasteiger partial charge is 0.220 e. The zero-order valence-electron chi connectivity index (χ0n) is 37.1. The van der Waals surface area contributed by atoms with Crippen molar-refractivity contribution >= 4 is 5.91 Å². The number of aliphatic hydroxyl groups is 4. The second kappa shape index (κ2) is 39.7. The van der Waals surface area contributed by atoms with E-state index in [0.29, 0.717) is 6.42 Å². The molecule has 1 amide bonds. The minimum absolute atomic E-state index is 0.0237. The van der Waals surface area contributed by atoms with Gasteiger partial charge < -0.3 is 35.2 Å². The van der Waals surface area contributed by atoms with Gasteiger partial charge in [0.1, 0.15) is 24.4 Å². The number of carbonyl (C=O) groups is 1. The van der Waals surface area contributed by atoms with Gasteiger partial charge in [-0.2, -0.15) is 0 Å². The molecular formula is C48H95NO7. The Morgan fingerprint density at radius 3 is 1.20 bits per heavy atom. The minimum atomic E-state index is -1.48. The number of aliphatic hydroxyl groups excluding tert-OH is 4. The molecule has 1 heterocycles. The first-order valence-electron chi connectivity index (χ1n) is 24.7. The number of unbranched alkanes of at least 4 members (excludes halogenated alkanes) is 33. The highest BCUT2D eigenvalue weighted by atomic mass is 16.7. The van der Waals surface area contributed by atoms with Crippen LogP contribution in [-0.4, -0.2) is 76.3 Å². The van der Waals surface area contributed by atoms with Gasteiger partial charge >= 0.3 is 0 Å². The van der Waals surface area contributed by atoms with Gasteiger partial charge in [-0.05, 0) is 12.8 Å². The Hall–Kier alpha value is -0.770. The average Bonchev–Trinajstić information content (AvgIpc) is 3.20. The van der Waals surface area contributed by atoms with E-state index in [-0.39, 0.29) is 18.6 Å². The van der Waals surface area contributed by atoms with E-state index in [1.54, 1.807) is 0 Å². The second-order valence-electron chi connectivity index (χ2n) is 17.5. The van der Waals surface area contributed by atoms with Gasteiger partial charge in [0.05, 0.1) is 19.3 Å². The molecule has 1 saturated heterocycles. The molecule has 1 aliphatic heterocycles. The summed E-state index contributed by atoms with van der Waals surface area (Å²) in [7, 11) is 0. The largest absolute Gasteiger partial charge is 0.394 e. The standard InChI is InChI=1S/C48H95NO7/c1-3-5-7-9-11-13-15-17-19-20-21-22-23-24-25-27-29-31-33-35-37-39-44(51)49-42(41-55-48-47(54)46(53)45(52)43(40-50)56-48)38-36-34-32-30-28-26-18-16-14-12-10-8-6-4-2/h42-43,45-48,50,52-54H,3-41H2,1-2H3,(H,49,51)/t42-,43?,45?,46?,47?,48?/m1/s1. The Morgan fingerprint density at radius 2 is 0.839 bits per heavy atom. The van der Waals surface area contributed by atoms with Crippen molar-refractivity contribution in [1.82, 2.24) is 5.32 Å². The van der Waals surface area contributed by atoms with Gasteiger partial charge in [-0.3, -0.25) is 4.79 Å². The van der Waals surface area contributed by atoms with E-state index in [1.165, 1.54) is 199 Å². The Kier molecular flexibility index (Phi) is 37.7. The highest BCUT2D eigenvalue weighted by Crippen LogP contribution is 2.23. The van der Waals surface area contributed by atoms with Crippen LogP contribution in [0.15, 0.2) is 0 Å². The molecule has 5 N–H and O–H groups in total. The van der Waals surface area contributed by atoms with E-state index in [1.807, 2.05) is 0 Å². The van der Waals surface area contributed by atoms with Crippen molar-refractivity contribution in [1.29, 1.82) is 0 Å². The average molecular weight is 798 g/mol. The second-order valence-corrected chi connectivity index (χ2v) is 17.5. The predicted octanol–water partition coefficient (Wildman–Crippen LogP) is 11.8. The molecule has 5 unspecified atom stereocenters. The number of hydrogen-bond acceptors (Lipinski definition) is 7. The molecule has 1 fully saturated rings. The summed E-state index contributed by atoms with van der Waals surface area (Å²) in [6.45, 7) is 4.19. The molecule has 56 heavy (non-hydrogen) atoms. The molecule has 0 spiro atoms. The van der Waals surface area contributed by atoms with Crippen molar-refractivity contribution in [2.75, 3.05) is 13.2 Å². The van der Waals surface area contributed by atoms with E-state index in [4.69, 9.17) is 9.47 Å². The molecule has 8 nitrogen and oxygen atoms in total. The van der Waals surface area contributed by atoms with Crippen LogP contribution in [0, 0.1) is 0 Å². The molecule has 0 aliphatic carbocycles. The van der Waals surface area contributed by atoms with Crippen LogP contribution in [0.1, 0.15) is 251 Å². The van der Waals surface area contributed by atoms with E-state index in [0.717, 1.165) is 32.1 Å². The Morgan fingerprint density at radius 1 is 0.500 bits per heavy atom. The van der Waals surface area contributed by atoms with Crippen molar-refractivity contribution in [3.8, 4) is 0 Å². The Balaban J connectivity index is 2.18. The summed E-state index contributed by atoms with van der Waals surface area (Å²) >= 11 is 0. The summed E-state index contributed by atoms with van der Waals surface area (Å²) < 4.78 is 11.4. The van der Waals surface area contributed by atoms with E-state index in [9.17, 15) is 25.2 Å². The highest BCUT2D eigenvalue weighted by molar-refractivity contribution is 5.76. The van der Waals surface area contributed by atoms with Gasteiger partial charge in [-0.25, -0.2) is 0 Å². The molecule has 8 heteroatoms. The zero-order valence-corrected chi connectivity index (χ0v) is 37.1. The third-order valence-corrected chi connectivity index (χ3v) is 12.1. The molecule has 0 radical (unpaired) electrons. The van der Waals surface area contributed by atoms with E-state index < -0.39 is 37.3 Å². The zero-order chi connectivity index (χ0) is 40.7. The van der Waals surface area contributed by atoms with E-state index >= 15 is 0 Å². The fourth-order valence-corrected chi connectivity index (χ4v) is 8.22. The lowest BCUT2D eigenvalue weighted by Gasteiger charge is -2.40. The van der Waals surface area contributed by atoms with Crippen LogP contribution in [0.5, 0.6) is 0 Å². The fourth-order valence-electron chi connectivity index (χ4n) is 8.22. The molecule has 1 rings (SSSR count). The first-order chi connectivity index (χ1) is 27.4. The number of hydrogen-bond donors (Lipinski definition) is 5. The molecule has 334 valence electrons. The van der Waals surface area contributed by atoms with Crippen molar-refractivity contribution < 1.29 is 34.7 Å². The summed E-state index contributed by atoms with van der Waals surface area (Å²) in [5.74, 6) is 0.0237. The van der Waals surface area contributed by atoms with Gasteiger partial charge in [0.25, 0.3) is 0 Å². The SMILES string of the molecule is CCCCCCCCCCCCCCCCCCCCCCCC(=O)N[C@H](CCCCCCCCCCCCCCCC)COC1OC(CO)C(O)C(O)C1O. The van der Waals surface area contributed by atoms with Crippen molar-refractivity contribution in [3.05, 3.63) is 0 Å². The van der Waals surface area contributed by atoms with Crippen molar-refractivity contribution in [2.24, 2.45) is 0 Å². The number of amides is 1. The summed E-state index contributed by atoms with van der Waals surface area (Å²) in [6, 6.07) is -0.234. The molecule has 0 saturated carbocycles. The van der Waals surface area contributed by atoms with Gasteiger partial charge in [-0.15, -0.1) is 0 Å². The molecule has 1 aliphatic rings. The first kappa shape index (κ1) is 53.2. The first-order valence-corrected chi connectivity index (χ1v) is 24.7. The third-order valence-electron chi connectivity index (χ3n) is 12.1. The molecule has 0 aromatic rings. The third kappa shape index (κ3) is 30.3. The fraction of sp³-hybridized carbons (Fsp3) is 0.979. The highest BCUT2D eigenvalue weighted by Gasteiger charge is 2.44. The molecular weight excluding hydrogens is 703 g/mol. The van der Waals surface area contributed by atoms with Crippen LogP contribution in [0.4, 0.5) is 0 Å². The molecule has 0 bridgehead atoms. The van der Waals surface area contributed by atoms with Crippen LogP contribution < -0.4 is 5.32 Å². The topological polar surface area (TPSA) is 128 Å². The number of ether oxygens (including phenoxy) is 2. The summed E-state index contributed by atoms with van der Waals surface area (Å²) in [5, 5.41) is 43.4. The minimum Gasteiger partial charge on any atom is -0.394 e. The van der Waals surface area contributed by atoms with Gasteiger partial charge in [0.15, 0.2) is 6.29 Å². The maximum absolute atomic E-state index is 13.0. The summed E-state index contributed by atoms with van der Waals surface area (Å²) in [4.78, 5) is 13.0. The molecule has 0 aromatic heterocycles. The maximum atomic E-state index is 13.0. The monoisotopic (exact) mass is 798 g/mol. The van der Waals surface area contributed by atoms with Crippen molar-refractivity contribution in [2.45, 2.75) is 288 Å². The summed E-state index contributed by atoms with van der Waals surface area (Å²) in [5.41, 5.74) is 0. The van der Waals surface area contributed by atoms with Crippen molar-refractivity contribution in [3.63, 3.8) is 0 Å². The van der Waals surface area contributed by atoms with Gasteiger partial charge in [-0.1, -0.05) is 232 Å². The lowest BCUT2D eigenvalue weighted by Crippen LogP contribution is -2.59. The maximum Gasteiger partial charge on any atom is 0.220 e. The molecule has 0 aromatic carbocycles. The van der Waals surface area contributed by atoms with Crippen LogP contribution in [0.2, 0.25) is 0 Å². The van der Waals surface area contributed by atoms with Crippen LogP contribution >= 0.6 is 0 Å². The van der Waals surface area contributed by atoms with Crippen LogP contribution in [-0.2, 0) is 14.3 Å². The lowest BCUT2D eigenvalue weighted by atomic mass is 9.99. The van der Waals surface area contributed by atoms with Crippen LogP contribution in [0.3, 0.4) is 0 Å². The van der Waals surface area contributed by atoms with Crippen LogP contribution in [0.25, 0.3) is 0 Å². The lowest BCUT2D eigenvalue weighted by molar-refractivity contribution is -0.302. The van der Waals surface area contributed by atoms with E-state index in [2.05, 4.69) is 19.2 Å². The summed E-state index contributed by atoms with van der Waals surface area (Å²) in [6.07, 6.45) is 40.9. The Labute approximate surface area is 346 Å². The molecule has 6 atom stereocenters. The van der Waals surface area contributed by atoms with Gasteiger partial charge in [0.2, 0.25) is 5.91 Å².